The number of fused-ring (bicyclic) bond motifs is 2. The molecule has 0 amide bonds. The molecule has 0 aliphatic rings. The Morgan fingerprint density at radius 1 is 1.11 bits per heavy atom. The molecule has 0 spiro atoms. The molecule has 0 atom stereocenters. The molecule has 0 aliphatic carbocycles. The molecule has 3 rings (SSSR count). The van der Waals surface area contributed by atoms with Crippen molar-refractivity contribution >= 4 is 27.6 Å². The van der Waals surface area contributed by atoms with Gasteiger partial charge in [0.05, 0.1) is 6.26 Å². The average Bonchev–Trinajstić information content (AvgIpc) is 2.83. The van der Waals surface area contributed by atoms with Crippen LogP contribution >= 0.6 is 0 Å². The van der Waals surface area contributed by atoms with Gasteiger partial charge < -0.3 is 14.2 Å². The van der Waals surface area contributed by atoms with Crippen molar-refractivity contribution in [3.63, 3.8) is 0 Å². The summed E-state index contributed by atoms with van der Waals surface area (Å²) in [4.78, 5) is 11.5. The van der Waals surface area contributed by atoms with E-state index in [1.807, 2.05) is 12.1 Å². The van der Waals surface area contributed by atoms with Gasteiger partial charge in [0.2, 0.25) is 0 Å². The van der Waals surface area contributed by atoms with Gasteiger partial charge in [-0.3, -0.25) is 0 Å². The van der Waals surface area contributed by atoms with E-state index in [0.717, 1.165) is 27.6 Å². The molecule has 0 aliphatic heterocycles. The first-order chi connectivity index (χ1) is 9.13. The number of rotatable bonds is 2. The van der Waals surface area contributed by atoms with E-state index in [1.54, 1.807) is 13.3 Å². The number of benzene rings is 1. The second kappa shape index (κ2) is 4.16. The summed E-state index contributed by atoms with van der Waals surface area (Å²) in [6, 6.07) is 5.24. The molecule has 4 heteroatoms. The Kier molecular flexibility index (Phi) is 2.59. The minimum Gasteiger partial charge on any atom is -0.462 e. The second-order valence-corrected chi connectivity index (χ2v) is 4.85. The summed E-state index contributed by atoms with van der Waals surface area (Å²) >= 11 is 0. The van der Waals surface area contributed by atoms with E-state index in [4.69, 9.17) is 8.83 Å². The smallest absolute Gasteiger partial charge is 0.336 e. The highest BCUT2D eigenvalue weighted by Gasteiger charge is 2.19. The molecule has 0 bridgehead atoms. The molecular weight excluding hydrogens is 242 g/mol. The monoisotopic (exact) mass is 257 g/mol. The quantitative estimate of drug-likeness (QED) is 0.711. The molecule has 2 heterocycles. The van der Waals surface area contributed by atoms with Gasteiger partial charge in [0.15, 0.2) is 11.2 Å². The van der Waals surface area contributed by atoms with E-state index in [9.17, 15) is 4.79 Å². The van der Waals surface area contributed by atoms with Crippen LogP contribution in [0.2, 0.25) is 0 Å². The van der Waals surface area contributed by atoms with Gasteiger partial charge in [-0.15, -0.1) is 0 Å². The van der Waals surface area contributed by atoms with Gasteiger partial charge in [0, 0.05) is 23.9 Å². The molecule has 1 aromatic carbocycles. The Balaban J connectivity index is 2.63. The molecule has 0 fully saturated rings. The summed E-state index contributed by atoms with van der Waals surface area (Å²) in [6.07, 6.45) is 1.66. The molecule has 0 unspecified atom stereocenters. The zero-order valence-corrected chi connectivity index (χ0v) is 11.1. The van der Waals surface area contributed by atoms with Crippen molar-refractivity contribution in [3.05, 3.63) is 40.4 Å². The Hall–Kier alpha value is -2.23. The lowest BCUT2D eigenvalue weighted by molar-refractivity contribution is 0.560. The first-order valence-electron chi connectivity index (χ1n) is 6.28. The van der Waals surface area contributed by atoms with E-state index in [2.05, 4.69) is 19.2 Å². The predicted octanol–water partition coefficient (Wildman–Crippen LogP) is 3.70. The maximum Gasteiger partial charge on any atom is 0.336 e. The lowest BCUT2D eigenvalue weighted by Crippen LogP contribution is -2.01. The highest BCUT2D eigenvalue weighted by molar-refractivity contribution is 6.09. The minimum atomic E-state index is -0.357. The highest BCUT2D eigenvalue weighted by atomic mass is 16.4. The SMILES string of the molecule is CNc1c2occc2c(C(C)C)c2ccc(=O)oc12. The molecule has 2 aromatic heterocycles. The number of hydrogen-bond acceptors (Lipinski definition) is 4. The summed E-state index contributed by atoms with van der Waals surface area (Å²) in [5.41, 5.74) is 2.79. The fraction of sp³-hybridized carbons (Fsp3) is 0.267. The Morgan fingerprint density at radius 2 is 1.84 bits per heavy atom. The van der Waals surface area contributed by atoms with E-state index in [-0.39, 0.29) is 5.63 Å². The Labute approximate surface area is 110 Å². The first-order valence-corrected chi connectivity index (χ1v) is 6.28. The lowest BCUT2D eigenvalue weighted by Gasteiger charge is -2.13. The number of anilines is 1. The molecule has 0 radical (unpaired) electrons. The zero-order chi connectivity index (χ0) is 13.6. The van der Waals surface area contributed by atoms with Crippen LogP contribution in [0.4, 0.5) is 5.69 Å². The Bertz CT molecular complexity index is 811. The standard InChI is InChI=1S/C15H15NO3/c1-8(2)12-9-4-5-11(17)19-15(9)13(16-3)14-10(12)6-7-18-14/h4-8,16H,1-3H3. The second-order valence-electron chi connectivity index (χ2n) is 4.85. The molecule has 3 aromatic rings. The third kappa shape index (κ3) is 1.63. The van der Waals surface area contributed by atoms with Crippen LogP contribution in [0.25, 0.3) is 21.9 Å². The molecule has 19 heavy (non-hydrogen) atoms. The third-order valence-electron chi connectivity index (χ3n) is 3.36. The molecule has 0 saturated carbocycles. The van der Waals surface area contributed by atoms with Crippen LogP contribution in [0.3, 0.4) is 0 Å². The molecule has 4 nitrogen and oxygen atoms in total. The average molecular weight is 257 g/mol. The molecule has 98 valence electrons. The van der Waals surface area contributed by atoms with Gasteiger partial charge in [0.1, 0.15) is 5.69 Å². The van der Waals surface area contributed by atoms with E-state index in [1.165, 1.54) is 6.07 Å². The van der Waals surface area contributed by atoms with Crippen LogP contribution in [0.1, 0.15) is 25.3 Å². The summed E-state index contributed by atoms with van der Waals surface area (Å²) in [5, 5.41) is 5.07. The zero-order valence-electron chi connectivity index (χ0n) is 11.1. The fourth-order valence-corrected chi connectivity index (χ4v) is 2.63. The summed E-state index contributed by atoms with van der Waals surface area (Å²) in [7, 11) is 1.79. The van der Waals surface area contributed by atoms with Crippen LogP contribution in [0.15, 0.2) is 38.1 Å². The lowest BCUT2D eigenvalue weighted by atomic mass is 9.94. The number of furan rings is 1. The van der Waals surface area contributed by atoms with E-state index < -0.39 is 0 Å². The molecule has 0 saturated heterocycles. The predicted molar refractivity (Wildman–Crippen MR) is 75.9 cm³/mol. The number of nitrogens with one attached hydrogen (secondary N) is 1. The van der Waals surface area contributed by atoms with Gasteiger partial charge in [0.25, 0.3) is 0 Å². The van der Waals surface area contributed by atoms with Gasteiger partial charge in [-0.1, -0.05) is 13.8 Å². The van der Waals surface area contributed by atoms with Gasteiger partial charge >= 0.3 is 5.63 Å². The fourth-order valence-electron chi connectivity index (χ4n) is 2.63. The van der Waals surface area contributed by atoms with Crippen molar-refractivity contribution < 1.29 is 8.83 Å². The van der Waals surface area contributed by atoms with Gasteiger partial charge in [-0.25, -0.2) is 4.79 Å². The van der Waals surface area contributed by atoms with Gasteiger partial charge in [-0.2, -0.15) is 0 Å². The largest absolute Gasteiger partial charge is 0.462 e. The highest BCUT2D eigenvalue weighted by Crippen LogP contribution is 2.39. The van der Waals surface area contributed by atoms with Crippen molar-refractivity contribution in [2.75, 3.05) is 12.4 Å². The minimum absolute atomic E-state index is 0.307. The summed E-state index contributed by atoms with van der Waals surface area (Å²) in [5.74, 6) is 0.307. The summed E-state index contributed by atoms with van der Waals surface area (Å²) in [6.45, 7) is 4.23. The maximum absolute atomic E-state index is 11.5. The van der Waals surface area contributed by atoms with E-state index >= 15 is 0 Å². The van der Waals surface area contributed by atoms with Crippen LogP contribution < -0.4 is 10.9 Å². The van der Waals surface area contributed by atoms with Gasteiger partial charge in [-0.05, 0) is 23.6 Å². The normalized spacial score (nSPS) is 11.6. The molecule has 1 N–H and O–H groups in total. The summed E-state index contributed by atoms with van der Waals surface area (Å²) < 4.78 is 10.9. The van der Waals surface area contributed by atoms with Crippen LogP contribution in [-0.4, -0.2) is 7.05 Å². The van der Waals surface area contributed by atoms with Crippen molar-refractivity contribution in [2.45, 2.75) is 19.8 Å². The van der Waals surface area contributed by atoms with E-state index in [0.29, 0.717) is 11.5 Å². The third-order valence-corrected chi connectivity index (χ3v) is 3.36. The Morgan fingerprint density at radius 3 is 2.53 bits per heavy atom. The van der Waals surface area contributed by atoms with Crippen molar-refractivity contribution in [1.82, 2.24) is 0 Å². The van der Waals surface area contributed by atoms with Crippen LogP contribution in [-0.2, 0) is 0 Å². The van der Waals surface area contributed by atoms with Crippen molar-refractivity contribution in [3.8, 4) is 0 Å². The van der Waals surface area contributed by atoms with Crippen molar-refractivity contribution in [2.24, 2.45) is 0 Å². The van der Waals surface area contributed by atoms with Crippen LogP contribution in [0.5, 0.6) is 0 Å². The topological polar surface area (TPSA) is 55.4 Å². The van der Waals surface area contributed by atoms with Crippen LogP contribution in [0, 0.1) is 0 Å². The number of hydrogen-bond donors (Lipinski definition) is 1. The molecular formula is C15H15NO3. The maximum atomic E-state index is 11.5. The first kappa shape index (κ1) is 11.8. The van der Waals surface area contributed by atoms with Crippen molar-refractivity contribution in [1.29, 1.82) is 0 Å².